The molecule has 1 unspecified atom stereocenters. The fourth-order valence-electron chi connectivity index (χ4n) is 2.36. The van der Waals surface area contributed by atoms with Gasteiger partial charge in [0.1, 0.15) is 5.67 Å². The van der Waals surface area contributed by atoms with Crippen LogP contribution in [0.4, 0.5) is 4.39 Å². The van der Waals surface area contributed by atoms with E-state index < -0.39 is 5.67 Å². The number of hydrogen-bond donors (Lipinski definition) is 0. The summed E-state index contributed by atoms with van der Waals surface area (Å²) in [6.45, 7) is 13.3. The Morgan fingerprint density at radius 1 is 1.54 bits per heavy atom. The second-order valence-electron chi connectivity index (χ2n) is 4.69. The Hall–Kier alpha value is -0.590. The summed E-state index contributed by atoms with van der Waals surface area (Å²) in [5.74, 6) is 0.339. The molecule has 0 heterocycles. The normalized spacial score (nSPS) is 25.2. The zero-order chi connectivity index (χ0) is 10.3. The van der Waals surface area contributed by atoms with Crippen molar-refractivity contribution < 1.29 is 4.39 Å². The van der Waals surface area contributed by atoms with E-state index in [1.165, 1.54) is 11.6 Å². The third-order valence-electron chi connectivity index (χ3n) is 3.59. The molecule has 0 aromatic rings. The minimum atomic E-state index is -1.26. The first-order chi connectivity index (χ1) is 5.85. The first-order valence-electron chi connectivity index (χ1n) is 4.85. The molecule has 0 spiro atoms. The molecule has 0 aliphatic heterocycles. The number of hydrogen-bond acceptors (Lipinski definition) is 0. The van der Waals surface area contributed by atoms with E-state index in [1.807, 2.05) is 0 Å². The smallest absolute Gasteiger partial charge is 0.132 e. The summed E-state index contributed by atoms with van der Waals surface area (Å²) in [6, 6.07) is 0. The van der Waals surface area contributed by atoms with Crippen LogP contribution >= 0.6 is 0 Å². The van der Waals surface area contributed by atoms with E-state index in [0.29, 0.717) is 5.92 Å². The molecule has 0 radical (unpaired) electrons. The van der Waals surface area contributed by atoms with E-state index in [-0.39, 0.29) is 5.41 Å². The van der Waals surface area contributed by atoms with E-state index in [1.54, 1.807) is 6.92 Å². The predicted molar refractivity (Wildman–Crippen MR) is 55.4 cm³/mol. The van der Waals surface area contributed by atoms with Crippen molar-refractivity contribution in [2.24, 2.45) is 11.3 Å². The van der Waals surface area contributed by atoms with Gasteiger partial charge in [0.15, 0.2) is 0 Å². The number of allylic oxidation sites excluding steroid dienone is 2. The van der Waals surface area contributed by atoms with Gasteiger partial charge in [-0.05, 0) is 25.7 Å². The van der Waals surface area contributed by atoms with Crippen LogP contribution in [0.2, 0.25) is 0 Å². The molecule has 0 N–H and O–H groups in total. The van der Waals surface area contributed by atoms with Crippen LogP contribution in [0.5, 0.6) is 0 Å². The van der Waals surface area contributed by atoms with Crippen molar-refractivity contribution in [2.45, 2.75) is 39.3 Å². The summed E-state index contributed by atoms with van der Waals surface area (Å²) < 4.78 is 14.2. The molecule has 1 saturated carbocycles. The van der Waals surface area contributed by atoms with Crippen LogP contribution in [0, 0.1) is 11.3 Å². The minimum absolute atomic E-state index is 0.244. The Morgan fingerprint density at radius 3 is 2.23 bits per heavy atom. The van der Waals surface area contributed by atoms with Crippen molar-refractivity contribution in [3.8, 4) is 0 Å². The highest BCUT2D eigenvalue weighted by Gasteiger charge is 2.54. The van der Waals surface area contributed by atoms with Gasteiger partial charge in [-0.1, -0.05) is 38.7 Å². The van der Waals surface area contributed by atoms with Gasteiger partial charge in [-0.2, -0.15) is 0 Å². The first kappa shape index (κ1) is 10.5. The van der Waals surface area contributed by atoms with Gasteiger partial charge in [0, 0.05) is 5.41 Å². The highest BCUT2D eigenvalue weighted by molar-refractivity contribution is 5.24. The average Bonchev–Trinajstić information content (AvgIpc) is 1.97. The lowest BCUT2D eigenvalue weighted by Gasteiger charge is -2.53. The molecule has 0 bridgehead atoms. The summed E-state index contributed by atoms with van der Waals surface area (Å²) in [6.07, 6.45) is 3.06. The van der Waals surface area contributed by atoms with Crippen molar-refractivity contribution in [2.75, 3.05) is 0 Å². The molecular formula is C12H19F. The van der Waals surface area contributed by atoms with Gasteiger partial charge in [-0.25, -0.2) is 4.39 Å². The van der Waals surface area contributed by atoms with Gasteiger partial charge in [-0.15, -0.1) is 0 Å². The van der Waals surface area contributed by atoms with Crippen molar-refractivity contribution in [1.82, 2.24) is 0 Å². The predicted octanol–water partition coefficient (Wildman–Crippen LogP) is 3.89. The maximum absolute atomic E-state index is 14.2. The Morgan fingerprint density at radius 2 is 2.00 bits per heavy atom. The molecule has 0 saturated heterocycles. The zero-order valence-electron chi connectivity index (χ0n) is 8.86. The average molecular weight is 182 g/mol. The zero-order valence-corrected chi connectivity index (χ0v) is 8.86. The van der Waals surface area contributed by atoms with E-state index in [4.69, 9.17) is 0 Å². The van der Waals surface area contributed by atoms with E-state index in [2.05, 4.69) is 27.0 Å². The van der Waals surface area contributed by atoms with Crippen LogP contribution in [0.25, 0.3) is 0 Å². The maximum Gasteiger partial charge on any atom is 0.132 e. The molecule has 1 aliphatic carbocycles. The standard InChI is InChI=1S/C12H19F/c1-6-11(5,13)12(9(2)3)7-10(4)8-12/h6,9H,1,4,7-8H2,2-3,5H3. The first-order valence-corrected chi connectivity index (χ1v) is 4.85. The van der Waals surface area contributed by atoms with Gasteiger partial charge in [0.25, 0.3) is 0 Å². The van der Waals surface area contributed by atoms with E-state index in [9.17, 15) is 4.39 Å². The lowest BCUT2D eigenvalue weighted by Crippen LogP contribution is -2.50. The molecule has 1 rings (SSSR count). The summed E-state index contributed by atoms with van der Waals surface area (Å²) >= 11 is 0. The summed E-state index contributed by atoms with van der Waals surface area (Å²) in [5.41, 5.74) is -0.340. The summed E-state index contributed by atoms with van der Waals surface area (Å²) in [7, 11) is 0. The monoisotopic (exact) mass is 182 g/mol. The molecular weight excluding hydrogens is 163 g/mol. The van der Waals surface area contributed by atoms with Gasteiger partial charge in [0.2, 0.25) is 0 Å². The van der Waals surface area contributed by atoms with Gasteiger partial charge in [-0.3, -0.25) is 0 Å². The van der Waals surface area contributed by atoms with Crippen molar-refractivity contribution in [3.05, 3.63) is 24.8 Å². The quantitative estimate of drug-likeness (QED) is 0.581. The van der Waals surface area contributed by atoms with Crippen LogP contribution in [0.15, 0.2) is 24.8 Å². The van der Waals surface area contributed by atoms with Crippen molar-refractivity contribution in [3.63, 3.8) is 0 Å². The highest BCUT2D eigenvalue weighted by Crippen LogP contribution is 2.58. The molecule has 74 valence electrons. The van der Waals surface area contributed by atoms with E-state index in [0.717, 1.165) is 12.8 Å². The maximum atomic E-state index is 14.2. The SMILES string of the molecule is C=CC(C)(F)C1(C(C)C)CC(=C)C1. The Labute approximate surface area is 80.5 Å². The molecule has 1 fully saturated rings. The molecule has 0 aromatic heterocycles. The van der Waals surface area contributed by atoms with Crippen molar-refractivity contribution in [1.29, 1.82) is 0 Å². The molecule has 13 heavy (non-hydrogen) atoms. The topological polar surface area (TPSA) is 0 Å². The molecule has 0 amide bonds. The number of halogens is 1. The highest BCUT2D eigenvalue weighted by atomic mass is 19.1. The third-order valence-corrected chi connectivity index (χ3v) is 3.59. The third kappa shape index (κ3) is 1.34. The fraction of sp³-hybridized carbons (Fsp3) is 0.667. The largest absolute Gasteiger partial charge is 0.239 e. The molecule has 0 aromatic carbocycles. The minimum Gasteiger partial charge on any atom is -0.239 e. The Bertz CT molecular complexity index is 228. The van der Waals surface area contributed by atoms with Crippen LogP contribution in [0.1, 0.15) is 33.6 Å². The molecule has 1 atom stereocenters. The van der Waals surface area contributed by atoms with Crippen LogP contribution < -0.4 is 0 Å². The number of rotatable bonds is 3. The molecule has 0 nitrogen and oxygen atoms in total. The second kappa shape index (κ2) is 2.97. The lowest BCUT2D eigenvalue weighted by molar-refractivity contribution is -0.0287. The second-order valence-corrected chi connectivity index (χ2v) is 4.69. The van der Waals surface area contributed by atoms with Crippen LogP contribution in [-0.2, 0) is 0 Å². The van der Waals surface area contributed by atoms with Gasteiger partial charge >= 0.3 is 0 Å². The van der Waals surface area contributed by atoms with Crippen LogP contribution in [-0.4, -0.2) is 5.67 Å². The summed E-state index contributed by atoms with van der Waals surface area (Å²) in [4.78, 5) is 0. The van der Waals surface area contributed by atoms with Gasteiger partial charge in [0.05, 0.1) is 0 Å². The molecule has 1 aliphatic rings. The number of alkyl halides is 1. The summed E-state index contributed by atoms with van der Waals surface area (Å²) in [5, 5.41) is 0. The Balaban J connectivity index is 2.94. The lowest BCUT2D eigenvalue weighted by atomic mass is 9.53. The fourth-order valence-corrected chi connectivity index (χ4v) is 2.36. The van der Waals surface area contributed by atoms with E-state index >= 15 is 0 Å². The Kier molecular flexibility index (Phi) is 2.40. The van der Waals surface area contributed by atoms with Gasteiger partial charge < -0.3 is 0 Å². The van der Waals surface area contributed by atoms with Crippen LogP contribution in [0.3, 0.4) is 0 Å². The molecule has 1 heteroatoms. The van der Waals surface area contributed by atoms with Crippen molar-refractivity contribution >= 4 is 0 Å².